The lowest BCUT2D eigenvalue weighted by Gasteiger charge is -2.35. The Labute approximate surface area is 110 Å². The van der Waals surface area contributed by atoms with E-state index in [9.17, 15) is 9.59 Å². The molecule has 1 rings (SSSR count). The molecule has 5 nitrogen and oxygen atoms in total. The van der Waals surface area contributed by atoms with Crippen LogP contribution >= 0.6 is 15.9 Å². The molecule has 0 unspecified atom stereocenters. The zero-order valence-electron chi connectivity index (χ0n) is 9.84. The summed E-state index contributed by atoms with van der Waals surface area (Å²) in [6.45, 7) is 0.495. The second-order valence-corrected chi connectivity index (χ2v) is 5.14. The lowest BCUT2D eigenvalue weighted by atomic mass is 9.72. The number of rotatable bonds is 4. The smallest absolute Gasteiger partial charge is 0.332 e. The average Bonchev–Trinajstić information content (AvgIpc) is 2.37. The summed E-state index contributed by atoms with van der Waals surface area (Å²) in [6, 6.07) is 0. The van der Waals surface area contributed by atoms with Crippen LogP contribution in [0.3, 0.4) is 0 Å². The SMILES string of the molecule is NCC1(CC(=O)ONC(=O)CBr)CCCCC1. The third-order valence-electron chi connectivity index (χ3n) is 3.27. The minimum absolute atomic E-state index is 0.113. The molecule has 0 saturated heterocycles. The van der Waals surface area contributed by atoms with Crippen molar-refractivity contribution >= 4 is 27.8 Å². The van der Waals surface area contributed by atoms with Gasteiger partial charge in [-0.25, -0.2) is 4.79 Å². The fourth-order valence-electron chi connectivity index (χ4n) is 2.24. The Bertz CT molecular complexity index is 278. The molecule has 17 heavy (non-hydrogen) atoms. The van der Waals surface area contributed by atoms with Crippen LogP contribution in [-0.4, -0.2) is 23.8 Å². The maximum atomic E-state index is 11.6. The van der Waals surface area contributed by atoms with Crippen LogP contribution in [-0.2, 0) is 14.4 Å². The van der Waals surface area contributed by atoms with E-state index in [1.807, 2.05) is 0 Å². The molecule has 1 aliphatic rings. The molecule has 98 valence electrons. The number of carbonyl (C=O) groups is 2. The van der Waals surface area contributed by atoms with E-state index in [0.717, 1.165) is 25.7 Å². The average molecular weight is 307 g/mol. The van der Waals surface area contributed by atoms with Crippen molar-refractivity contribution in [2.75, 3.05) is 11.9 Å². The highest BCUT2D eigenvalue weighted by molar-refractivity contribution is 9.09. The van der Waals surface area contributed by atoms with Gasteiger partial charge in [-0.3, -0.25) is 4.79 Å². The highest BCUT2D eigenvalue weighted by Crippen LogP contribution is 2.38. The standard InChI is InChI=1S/C11H19BrN2O3/c12-7-9(15)14-17-10(16)6-11(8-13)4-2-1-3-5-11/h1-8,13H2,(H,14,15). The number of hydrogen-bond donors (Lipinski definition) is 2. The Hall–Kier alpha value is -0.620. The first-order valence-electron chi connectivity index (χ1n) is 5.86. The van der Waals surface area contributed by atoms with Crippen molar-refractivity contribution in [2.24, 2.45) is 11.1 Å². The molecule has 0 aromatic heterocycles. The fraction of sp³-hybridized carbons (Fsp3) is 0.818. The Balaban J connectivity index is 2.39. The predicted octanol–water partition coefficient (Wildman–Crippen LogP) is 1.25. The quantitative estimate of drug-likeness (QED) is 0.605. The van der Waals surface area contributed by atoms with Crippen molar-refractivity contribution in [1.82, 2.24) is 5.48 Å². The third kappa shape index (κ3) is 4.63. The van der Waals surface area contributed by atoms with Crippen LogP contribution in [0, 0.1) is 5.41 Å². The number of halogens is 1. The van der Waals surface area contributed by atoms with Crippen molar-refractivity contribution in [3.05, 3.63) is 0 Å². The molecule has 1 amide bonds. The van der Waals surface area contributed by atoms with Gasteiger partial charge >= 0.3 is 5.97 Å². The van der Waals surface area contributed by atoms with Gasteiger partial charge in [0.1, 0.15) is 0 Å². The third-order valence-corrected chi connectivity index (χ3v) is 3.78. The number of hydrogen-bond acceptors (Lipinski definition) is 4. The van der Waals surface area contributed by atoms with Crippen LogP contribution in [0.25, 0.3) is 0 Å². The molecular formula is C11H19BrN2O3. The first kappa shape index (κ1) is 14.4. The van der Waals surface area contributed by atoms with Crippen LogP contribution in [0.5, 0.6) is 0 Å². The summed E-state index contributed by atoms with van der Waals surface area (Å²) in [5.41, 5.74) is 7.72. The molecule has 0 radical (unpaired) electrons. The fourth-order valence-corrected chi connectivity index (χ4v) is 2.35. The van der Waals surface area contributed by atoms with Crippen LogP contribution in [0.2, 0.25) is 0 Å². The Morgan fingerprint density at radius 3 is 2.47 bits per heavy atom. The molecule has 3 N–H and O–H groups in total. The summed E-state index contributed by atoms with van der Waals surface area (Å²) < 4.78 is 0. The monoisotopic (exact) mass is 306 g/mol. The summed E-state index contributed by atoms with van der Waals surface area (Å²) in [4.78, 5) is 27.2. The molecule has 0 bridgehead atoms. The van der Waals surface area contributed by atoms with Crippen LogP contribution in [0.15, 0.2) is 0 Å². The normalized spacial score (nSPS) is 18.5. The van der Waals surface area contributed by atoms with E-state index in [2.05, 4.69) is 21.4 Å². The molecule has 0 heterocycles. The Morgan fingerprint density at radius 1 is 1.29 bits per heavy atom. The van der Waals surface area contributed by atoms with Crippen molar-refractivity contribution in [3.8, 4) is 0 Å². The number of nitrogens with one attached hydrogen (secondary N) is 1. The summed E-state index contributed by atoms with van der Waals surface area (Å²) in [7, 11) is 0. The molecule has 0 atom stereocenters. The predicted molar refractivity (Wildman–Crippen MR) is 67.2 cm³/mol. The number of nitrogens with two attached hydrogens (primary N) is 1. The van der Waals surface area contributed by atoms with E-state index in [4.69, 9.17) is 10.6 Å². The van der Waals surface area contributed by atoms with Crippen molar-refractivity contribution < 1.29 is 14.4 Å². The summed E-state index contributed by atoms with van der Waals surface area (Å²) in [5, 5.41) is 0.113. The summed E-state index contributed by atoms with van der Waals surface area (Å²) in [6.07, 6.45) is 5.63. The lowest BCUT2D eigenvalue weighted by Crippen LogP contribution is -2.37. The summed E-state index contributed by atoms with van der Waals surface area (Å²) >= 11 is 2.96. The Kier molecular flexibility index (Phi) is 5.91. The number of carbonyl (C=O) groups excluding carboxylic acids is 2. The molecular weight excluding hydrogens is 288 g/mol. The van der Waals surface area contributed by atoms with Crippen molar-refractivity contribution in [2.45, 2.75) is 38.5 Å². The maximum absolute atomic E-state index is 11.6. The number of alkyl halides is 1. The Morgan fingerprint density at radius 2 is 1.94 bits per heavy atom. The lowest BCUT2D eigenvalue weighted by molar-refractivity contribution is -0.160. The maximum Gasteiger partial charge on any atom is 0.332 e. The van der Waals surface area contributed by atoms with E-state index in [-0.39, 0.29) is 23.1 Å². The summed E-state index contributed by atoms with van der Waals surface area (Å²) in [5.74, 6) is -0.782. The van der Waals surface area contributed by atoms with Gasteiger partial charge in [0.25, 0.3) is 5.91 Å². The zero-order chi connectivity index (χ0) is 12.7. The molecule has 1 saturated carbocycles. The molecule has 1 fully saturated rings. The van der Waals surface area contributed by atoms with Gasteiger partial charge in [-0.1, -0.05) is 35.2 Å². The largest absolute Gasteiger partial charge is 0.341 e. The van der Waals surface area contributed by atoms with E-state index in [1.165, 1.54) is 6.42 Å². The van der Waals surface area contributed by atoms with Crippen LogP contribution < -0.4 is 11.2 Å². The van der Waals surface area contributed by atoms with Gasteiger partial charge in [0.2, 0.25) is 0 Å². The molecule has 0 aromatic rings. The number of hydroxylamine groups is 1. The number of amides is 1. The molecule has 6 heteroatoms. The molecule has 0 aromatic carbocycles. The highest BCUT2D eigenvalue weighted by atomic mass is 79.9. The topological polar surface area (TPSA) is 81.4 Å². The molecule has 0 aliphatic heterocycles. The minimum atomic E-state index is -0.411. The minimum Gasteiger partial charge on any atom is -0.341 e. The van der Waals surface area contributed by atoms with E-state index in [0.29, 0.717) is 6.54 Å². The van der Waals surface area contributed by atoms with Crippen LogP contribution in [0.4, 0.5) is 0 Å². The van der Waals surface area contributed by atoms with Gasteiger partial charge in [0, 0.05) is 0 Å². The van der Waals surface area contributed by atoms with E-state index < -0.39 is 5.97 Å². The van der Waals surface area contributed by atoms with Crippen LogP contribution in [0.1, 0.15) is 38.5 Å². The van der Waals surface area contributed by atoms with E-state index >= 15 is 0 Å². The van der Waals surface area contributed by atoms with Gasteiger partial charge in [-0.05, 0) is 24.8 Å². The van der Waals surface area contributed by atoms with Crippen molar-refractivity contribution in [1.29, 1.82) is 0 Å². The van der Waals surface area contributed by atoms with Gasteiger partial charge in [0.15, 0.2) is 0 Å². The first-order valence-corrected chi connectivity index (χ1v) is 6.98. The second-order valence-electron chi connectivity index (χ2n) is 4.57. The molecule has 0 spiro atoms. The second kappa shape index (κ2) is 6.96. The van der Waals surface area contributed by atoms with Crippen molar-refractivity contribution in [3.63, 3.8) is 0 Å². The first-order chi connectivity index (χ1) is 8.12. The van der Waals surface area contributed by atoms with E-state index in [1.54, 1.807) is 0 Å². The zero-order valence-corrected chi connectivity index (χ0v) is 11.4. The van der Waals surface area contributed by atoms with Gasteiger partial charge in [0.05, 0.1) is 11.8 Å². The van der Waals surface area contributed by atoms with Gasteiger partial charge in [-0.2, -0.15) is 5.48 Å². The highest BCUT2D eigenvalue weighted by Gasteiger charge is 2.33. The molecule has 1 aliphatic carbocycles. The van der Waals surface area contributed by atoms with Gasteiger partial charge < -0.3 is 10.6 Å². The van der Waals surface area contributed by atoms with Gasteiger partial charge in [-0.15, -0.1) is 0 Å².